The summed E-state index contributed by atoms with van der Waals surface area (Å²) in [6.07, 6.45) is 1.77. The molecule has 0 bridgehead atoms. The lowest BCUT2D eigenvalue weighted by Gasteiger charge is -2.10. The molecule has 0 aliphatic rings. The predicted molar refractivity (Wildman–Crippen MR) is 123 cm³/mol. The van der Waals surface area contributed by atoms with Crippen molar-refractivity contribution in [2.45, 2.75) is 6.61 Å². The topological polar surface area (TPSA) is 51.5 Å². The molecule has 0 aromatic heterocycles. The van der Waals surface area contributed by atoms with Gasteiger partial charge in [0.15, 0.2) is 11.5 Å². The molecule has 3 rings (SSSR count). The molecule has 3 aromatic carbocycles. The van der Waals surface area contributed by atoms with Crippen molar-refractivity contribution in [1.29, 1.82) is 5.26 Å². The maximum absolute atomic E-state index is 9.63. The third-order valence-corrected chi connectivity index (χ3v) is 5.21. The molecule has 0 saturated heterocycles. The van der Waals surface area contributed by atoms with Crippen LogP contribution in [0.1, 0.15) is 16.7 Å². The molecule has 3 aromatic rings. The Bertz CT molecular complexity index is 1100. The molecule has 0 unspecified atom stereocenters. The molecule has 0 spiro atoms. The summed E-state index contributed by atoms with van der Waals surface area (Å²) in [7, 11) is 3.13. The van der Waals surface area contributed by atoms with Crippen LogP contribution >= 0.6 is 27.5 Å². The Morgan fingerprint density at radius 3 is 2.30 bits per heavy atom. The van der Waals surface area contributed by atoms with Crippen LogP contribution < -0.4 is 14.2 Å². The molecule has 4 nitrogen and oxygen atoms in total. The van der Waals surface area contributed by atoms with Crippen molar-refractivity contribution in [3.05, 3.63) is 86.8 Å². The molecule has 0 amide bonds. The number of hydrogen-bond acceptors (Lipinski definition) is 4. The standard InChI is InChI=1S/C24H19BrClNO3/c1-28-23-10-6-18(13-24(23)29-2)19(14-27)11-17-5-9-22(21(26)12-17)30-15-16-3-7-20(25)8-4-16/h3-13H,15H2,1-2H3/b19-11+. The first-order chi connectivity index (χ1) is 14.5. The quantitative estimate of drug-likeness (QED) is 0.274. The summed E-state index contributed by atoms with van der Waals surface area (Å²) in [6.45, 7) is 0.414. The summed E-state index contributed by atoms with van der Waals surface area (Å²) in [5.74, 6) is 1.75. The van der Waals surface area contributed by atoms with Gasteiger partial charge in [-0.05, 0) is 65.2 Å². The van der Waals surface area contributed by atoms with Crippen molar-refractivity contribution in [1.82, 2.24) is 0 Å². The fourth-order valence-corrected chi connectivity index (χ4v) is 3.32. The van der Waals surface area contributed by atoms with Gasteiger partial charge in [-0.15, -0.1) is 0 Å². The zero-order valence-corrected chi connectivity index (χ0v) is 18.8. The van der Waals surface area contributed by atoms with Crippen LogP contribution in [0, 0.1) is 11.3 Å². The summed E-state index contributed by atoms with van der Waals surface area (Å²) < 4.78 is 17.4. The number of allylic oxidation sites excluding steroid dienone is 1. The first-order valence-electron chi connectivity index (χ1n) is 9.05. The number of benzene rings is 3. The van der Waals surface area contributed by atoms with Gasteiger partial charge in [0.25, 0.3) is 0 Å². The zero-order chi connectivity index (χ0) is 21.5. The monoisotopic (exact) mass is 483 g/mol. The van der Waals surface area contributed by atoms with Crippen LogP contribution in [0.2, 0.25) is 5.02 Å². The van der Waals surface area contributed by atoms with Crippen molar-refractivity contribution >= 4 is 39.2 Å². The fraction of sp³-hybridized carbons (Fsp3) is 0.125. The second-order valence-corrected chi connectivity index (χ2v) is 7.67. The zero-order valence-electron chi connectivity index (χ0n) is 16.5. The minimum absolute atomic E-state index is 0.414. The molecule has 0 aliphatic heterocycles. The molecule has 6 heteroatoms. The van der Waals surface area contributed by atoms with Gasteiger partial charge in [-0.1, -0.05) is 45.7 Å². The summed E-state index contributed by atoms with van der Waals surface area (Å²) >= 11 is 9.81. The SMILES string of the molecule is COc1ccc(/C(C#N)=C/c2ccc(OCc3ccc(Br)cc3)c(Cl)c2)cc1OC. The van der Waals surface area contributed by atoms with Crippen LogP contribution in [0.5, 0.6) is 17.2 Å². The molecule has 0 saturated carbocycles. The Morgan fingerprint density at radius 2 is 1.67 bits per heavy atom. The van der Waals surface area contributed by atoms with E-state index in [-0.39, 0.29) is 0 Å². The highest BCUT2D eigenvalue weighted by Gasteiger charge is 2.09. The number of hydrogen-bond donors (Lipinski definition) is 0. The number of halogens is 2. The third kappa shape index (κ3) is 5.35. The summed E-state index contributed by atoms with van der Waals surface area (Å²) in [6, 6.07) is 20.9. The number of nitrogens with zero attached hydrogens (tertiary/aromatic N) is 1. The summed E-state index contributed by atoms with van der Waals surface area (Å²) in [4.78, 5) is 0. The second kappa shape index (κ2) is 10.2. The minimum Gasteiger partial charge on any atom is -0.493 e. The first-order valence-corrected chi connectivity index (χ1v) is 10.2. The van der Waals surface area contributed by atoms with E-state index in [2.05, 4.69) is 22.0 Å². The van der Waals surface area contributed by atoms with E-state index in [1.165, 1.54) is 0 Å². The molecule has 0 atom stereocenters. The van der Waals surface area contributed by atoms with Crippen LogP contribution in [0.15, 0.2) is 65.1 Å². The van der Waals surface area contributed by atoms with Gasteiger partial charge in [-0.25, -0.2) is 0 Å². The van der Waals surface area contributed by atoms with E-state index in [0.29, 0.717) is 34.5 Å². The highest BCUT2D eigenvalue weighted by atomic mass is 79.9. The molecule has 30 heavy (non-hydrogen) atoms. The van der Waals surface area contributed by atoms with Crippen molar-refractivity contribution in [3.8, 4) is 23.3 Å². The van der Waals surface area contributed by atoms with Crippen LogP contribution in [0.25, 0.3) is 11.6 Å². The van der Waals surface area contributed by atoms with Gasteiger partial charge >= 0.3 is 0 Å². The van der Waals surface area contributed by atoms with Crippen LogP contribution in [0.3, 0.4) is 0 Å². The van der Waals surface area contributed by atoms with E-state index in [9.17, 15) is 5.26 Å². The minimum atomic E-state index is 0.414. The second-order valence-electron chi connectivity index (χ2n) is 6.34. The van der Waals surface area contributed by atoms with E-state index in [1.807, 2.05) is 36.4 Å². The number of ether oxygens (including phenoxy) is 3. The predicted octanol–water partition coefficient (Wildman–Crippen LogP) is 6.76. The van der Waals surface area contributed by atoms with E-state index in [1.54, 1.807) is 44.6 Å². The van der Waals surface area contributed by atoms with Crippen LogP contribution in [-0.4, -0.2) is 14.2 Å². The molecule has 0 fully saturated rings. The van der Waals surface area contributed by atoms with Crippen LogP contribution in [-0.2, 0) is 6.61 Å². The maximum atomic E-state index is 9.63. The molecule has 0 N–H and O–H groups in total. The summed E-state index contributed by atoms with van der Waals surface area (Å²) in [5.41, 5.74) is 3.04. The Kier molecular flexibility index (Phi) is 7.40. The molecule has 0 aliphatic carbocycles. The van der Waals surface area contributed by atoms with Crippen molar-refractivity contribution < 1.29 is 14.2 Å². The lowest BCUT2D eigenvalue weighted by molar-refractivity contribution is 0.306. The van der Waals surface area contributed by atoms with Crippen molar-refractivity contribution in [2.24, 2.45) is 0 Å². The van der Waals surface area contributed by atoms with Gasteiger partial charge in [-0.2, -0.15) is 5.26 Å². The Labute approximate surface area is 189 Å². The van der Waals surface area contributed by atoms with E-state index in [0.717, 1.165) is 21.2 Å². The van der Waals surface area contributed by atoms with Gasteiger partial charge < -0.3 is 14.2 Å². The summed E-state index contributed by atoms with van der Waals surface area (Å²) in [5, 5.41) is 10.1. The van der Waals surface area contributed by atoms with Crippen molar-refractivity contribution in [2.75, 3.05) is 14.2 Å². The van der Waals surface area contributed by atoms with Gasteiger partial charge in [-0.3, -0.25) is 0 Å². The molecule has 152 valence electrons. The van der Waals surface area contributed by atoms with E-state index in [4.69, 9.17) is 25.8 Å². The van der Waals surface area contributed by atoms with Gasteiger partial charge in [0.1, 0.15) is 12.4 Å². The lowest BCUT2D eigenvalue weighted by atomic mass is 10.0. The Hall–Kier alpha value is -2.94. The van der Waals surface area contributed by atoms with E-state index < -0.39 is 0 Å². The lowest BCUT2D eigenvalue weighted by Crippen LogP contribution is -1.96. The van der Waals surface area contributed by atoms with Crippen LogP contribution in [0.4, 0.5) is 0 Å². The Morgan fingerprint density at radius 1 is 0.967 bits per heavy atom. The normalized spacial score (nSPS) is 11.0. The highest BCUT2D eigenvalue weighted by molar-refractivity contribution is 9.10. The third-order valence-electron chi connectivity index (χ3n) is 4.39. The number of rotatable bonds is 7. The van der Waals surface area contributed by atoms with Crippen molar-refractivity contribution in [3.63, 3.8) is 0 Å². The molecule has 0 heterocycles. The maximum Gasteiger partial charge on any atom is 0.161 e. The molecule has 0 radical (unpaired) electrons. The van der Waals surface area contributed by atoms with Gasteiger partial charge in [0, 0.05) is 4.47 Å². The van der Waals surface area contributed by atoms with E-state index >= 15 is 0 Å². The molecular weight excluding hydrogens is 466 g/mol. The Balaban J connectivity index is 1.80. The fourth-order valence-electron chi connectivity index (χ4n) is 2.82. The smallest absolute Gasteiger partial charge is 0.161 e. The van der Waals surface area contributed by atoms with Gasteiger partial charge in [0.2, 0.25) is 0 Å². The van der Waals surface area contributed by atoms with Gasteiger partial charge in [0.05, 0.1) is 30.9 Å². The average Bonchev–Trinajstić information content (AvgIpc) is 2.77. The average molecular weight is 485 g/mol. The molecular formula is C24H19BrClNO3. The highest BCUT2D eigenvalue weighted by Crippen LogP contribution is 2.32. The number of nitriles is 1. The largest absolute Gasteiger partial charge is 0.493 e. The first kappa shape index (κ1) is 21.8. The number of methoxy groups -OCH3 is 2.